The molecule has 0 aliphatic heterocycles. The van der Waals surface area contributed by atoms with Crippen LogP contribution in [-0.4, -0.2) is 15.0 Å². The summed E-state index contributed by atoms with van der Waals surface area (Å²) < 4.78 is 0. The first-order valence-corrected chi connectivity index (χ1v) is 6.28. The van der Waals surface area contributed by atoms with Gasteiger partial charge in [0.25, 0.3) is 0 Å². The van der Waals surface area contributed by atoms with Gasteiger partial charge in [-0.15, -0.1) is 11.3 Å². The number of aromatic nitrogens is 2. The molecule has 17 heavy (non-hydrogen) atoms. The number of hydrogen-bond donors (Lipinski definition) is 2. The van der Waals surface area contributed by atoms with Gasteiger partial charge in [0.2, 0.25) is 0 Å². The van der Waals surface area contributed by atoms with Crippen LogP contribution in [0.5, 0.6) is 0 Å². The van der Waals surface area contributed by atoms with Gasteiger partial charge in [-0.25, -0.2) is 4.98 Å². The maximum atomic E-state index is 5.53. The standard InChI is InChI=1S/C11H12N4S2/c1-7-14-5-9(17-7)6-15-8-2-3-13-10(4-8)11(12)16/h2-5H,6H2,1H3,(H2,12,16)(H,13,15). The number of nitrogens with two attached hydrogens (primary N) is 1. The van der Waals surface area contributed by atoms with Gasteiger partial charge in [0.05, 0.1) is 17.2 Å². The van der Waals surface area contributed by atoms with Crippen LogP contribution in [0, 0.1) is 6.92 Å². The van der Waals surface area contributed by atoms with Crippen LogP contribution >= 0.6 is 23.6 Å². The van der Waals surface area contributed by atoms with E-state index in [0.717, 1.165) is 17.2 Å². The zero-order valence-electron chi connectivity index (χ0n) is 9.30. The third-order valence-electron chi connectivity index (χ3n) is 2.15. The largest absolute Gasteiger partial charge is 0.388 e. The summed E-state index contributed by atoms with van der Waals surface area (Å²) in [4.78, 5) is 9.78. The van der Waals surface area contributed by atoms with Gasteiger partial charge in [0.15, 0.2) is 0 Å². The maximum absolute atomic E-state index is 5.53. The predicted molar refractivity (Wildman–Crippen MR) is 74.3 cm³/mol. The Kier molecular flexibility index (Phi) is 3.65. The Hall–Kier alpha value is -1.53. The highest BCUT2D eigenvalue weighted by Gasteiger charge is 2.01. The SMILES string of the molecule is Cc1ncc(CNc2ccnc(C(N)=S)c2)s1. The second kappa shape index (κ2) is 5.20. The van der Waals surface area contributed by atoms with Gasteiger partial charge in [0, 0.05) is 23.0 Å². The van der Waals surface area contributed by atoms with Crippen molar-refractivity contribution in [1.29, 1.82) is 0 Å². The first-order chi connectivity index (χ1) is 8.15. The van der Waals surface area contributed by atoms with Gasteiger partial charge in [0.1, 0.15) is 4.99 Å². The Morgan fingerprint density at radius 2 is 2.35 bits per heavy atom. The number of pyridine rings is 1. The molecule has 0 spiro atoms. The van der Waals surface area contributed by atoms with E-state index in [1.165, 1.54) is 4.88 Å². The zero-order valence-corrected chi connectivity index (χ0v) is 10.9. The lowest BCUT2D eigenvalue weighted by Gasteiger charge is -2.05. The second-order valence-electron chi connectivity index (χ2n) is 3.49. The minimum Gasteiger partial charge on any atom is -0.388 e. The maximum Gasteiger partial charge on any atom is 0.122 e. The van der Waals surface area contributed by atoms with Crippen LogP contribution in [0.3, 0.4) is 0 Å². The number of hydrogen-bond acceptors (Lipinski definition) is 5. The van der Waals surface area contributed by atoms with Crippen molar-refractivity contribution in [3.8, 4) is 0 Å². The first-order valence-electron chi connectivity index (χ1n) is 5.06. The van der Waals surface area contributed by atoms with E-state index in [4.69, 9.17) is 18.0 Å². The summed E-state index contributed by atoms with van der Waals surface area (Å²) in [5.74, 6) is 0. The number of thiocarbonyl (C=S) groups is 1. The van der Waals surface area contributed by atoms with E-state index < -0.39 is 0 Å². The van der Waals surface area contributed by atoms with Crippen molar-refractivity contribution in [2.75, 3.05) is 5.32 Å². The van der Waals surface area contributed by atoms with Crippen LogP contribution in [0.1, 0.15) is 15.6 Å². The Morgan fingerprint density at radius 1 is 1.53 bits per heavy atom. The fourth-order valence-corrected chi connectivity index (χ4v) is 2.20. The molecular formula is C11H12N4S2. The number of aryl methyl sites for hydroxylation is 1. The van der Waals surface area contributed by atoms with Gasteiger partial charge in [-0.05, 0) is 19.1 Å². The molecule has 4 nitrogen and oxygen atoms in total. The molecule has 3 N–H and O–H groups in total. The van der Waals surface area contributed by atoms with Crippen molar-refractivity contribution >= 4 is 34.2 Å². The molecule has 0 fully saturated rings. The molecule has 0 radical (unpaired) electrons. The molecule has 0 bridgehead atoms. The van der Waals surface area contributed by atoms with Gasteiger partial charge >= 0.3 is 0 Å². The van der Waals surface area contributed by atoms with E-state index in [0.29, 0.717) is 10.7 Å². The summed E-state index contributed by atoms with van der Waals surface area (Å²) in [6, 6.07) is 3.73. The normalized spacial score (nSPS) is 10.2. The second-order valence-corrected chi connectivity index (χ2v) is 5.25. The van der Waals surface area contributed by atoms with Crippen LogP contribution in [0.25, 0.3) is 0 Å². The Balaban J connectivity index is 2.04. The van der Waals surface area contributed by atoms with Crippen molar-refractivity contribution in [1.82, 2.24) is 9.97 Å². The van der Waals surface area contributed by atoms with Crippen molar-refractivity contribution < 1.29 is 0 Å². The van der Waals surface area contributed by atoms with Gasteiger partial charge in [-0.3, -0.25) is 4.98 Å². The lowest BCUT2D eigenvalue weighted by molar-refractivity contribution is 1.16. The molecule has 0 saturated carbocycles. The smallest absolute Gasteiger partial charge is 0.122 e. The number of rotatable bonds is 4. The van der Waals surface area contributed by atoms with Crippen LogP contribution < -0.4 is 11.1 Å². The number of thiazole rings is 1. The molecule has 0 amide bonds. The third kappa shape index (κ3) is 3.21. The van der Waals surface area contributed by atoms with Crippen molar-refractivity contribution in [3.05, 3.63) is 40.1 Å². The van der Waals surface area contributed by atoms with Crippen LogP contribution in [0.2, 0.25) is 0 Å². The highest BCUT2D eigenvalue weighted by atomic mass is 32.1. The Morgan fingerprint density at radius 3 is 3.00 bits per heavy atom. The molecule has 0 aliphatic carbocycles. The summed E-state index contributed by atoms with van der Waals surface area (Å²) in [6.45, 7) is 2.73. The van der Waals surface area contributed by atoms with Crippen molar-refractivity contribution in [3.63, 3.8) is 0 Å². The highest BCUT2D eigenvalue weighted by molar-refractivity contribution is 7.80. The molecule has 0 saturated heterocycles. The van der Waals surface area contributed by atoms with E-state index in [-0.39, 0.29) is 0 Å². The van der Waals surface area contributed by atoms with Crippen LogP contribution in [-0.2, 0) is 6.54 Å². The molecule has 2 aromatic heterocycles. The predicted octanol–water partition coefficient (Wildman–Crippen LogP) is 2.09. The molecule has 0 unspecified atom stereocenters. The lowest BCUT2D eigenvalue weighted by atomic mass is 10.3. The summed E-state index contributed by atoms with van der Waals surface area (Å²) in [7, 11) is 0. The highest BCUT2D eigenvalue weighted by Crippen LogP contribution is 2.14. The summed E-state index contributed by atoms with van der Waals surface area (Å²) in [5, 5.41) is 4.35. The first kappa shape index (κ1) is 11.9. The Bertz CT molecular complexity index is 536. The molecule has 0 atom stereocenters. The van der Waals surface area contributed by atoms with E-state index >= 15 is 0 Å². The van der Waals surface area contributed by atoms with Gasteiger partial charge < -0.3 is 11.1 Å². The van der Waals surface area contributed by atoms with Crippen molar-refractivity contribution in [2.45, 2.75) is 13.5 Å². The van der Waals surface area contributed by atoms with Gasteiger partial charge in [-0.2, -0.15) is 0 Å². The van der Waals surface area contributed by atoms with E-state index in [9.17, 15) is 0 Å². The monoisotopic (exact) mass is 264 g/mol. The lowest BCUT2D eigenvalue weighted by Crippen LogP contribution is -2.11. The molecule has 6 heteroatoms. The van der Waals surface area contributed by atoms with Crippen molar-refractivity contribution in [2.24, 2.45) is 5.73 Å². The topological polar surface area (TPSA) is 63.8 Å². The van der Waals surface area contributed by atoms with E-state index in [2.05, 4.69) is 15.3 Å². The quantitative estimate of drug-likeness (QED) is 0.828. The Labute approximate surface area is 109 Å². The fraction of sp³-hybridized carbons (Fsp3) is 0.182. The molecule has 2 aromatic rings. The van der Waals surface area contributed by atoms with E-state index in [1.54, 1.807) is 17.5 Å². The van der Waals surface area contributed by atoms with Gasteiger partial charge in [-0.1, -0.05) is 12.2 Å². The summed E-state index contributed by atoms with van der Waals surface area (Å²) in [5.41, 5.74) is 7.11. The minimum absolute atomic E-state index is 0.308. The molecule has 0 aromatic carbocycles. The number of anilines is 1. The summed E-state index contributed by atoms with van der Waals surface area (Å²) in [6.07, 6.45) is 3.57. The van der Waals surface area contributed by atoms with Crippen LogP contribution in [0.15, 0.2) is 24.5 Å². The summed E-state index contributed by atoms with van der Waals surface area (Å²) >= 11 is 6.56. The average Bonchev–Trinajstić information content (AvgIpc) is 2.73. The molecule has 0 aliphatic rings. The number of nitrogens with zero attached hydrogens (tertiary/aromatic N) is 2. The molecule has 2 rings (SSSR count). The molecular weight excluding hydrogens is 252 g/mol. The zero-order chi connectivity index (χ0) is 12.3. The third-order valence-corrected chi connectivity index (χ3v) is 3.27. The van der Waals surface area contributed by atoms with E-state index in [1.807, 2.05) is 25.3 Å². The fourth-order valence-electron chi connectivity index (χ4n) is 1.35. The molecule has 88 valence electrons. The molecule has 2 heterocycles. The van der Waals surface area contributed by atoms with Crippen LogP contribution in [0.4, 0.5) is 5.69 Å². The minimum atomic E-state index is 0.308. The average molecular weight is 264 g/mol. The number of nitrogens with one attached hydrogen (secondary N) is 1.